The Labute approximate surface area is 143 Å². The molecule has 0 fully saturated rings. The number of ether oxygens (including phenoxy) is 1. The summed E-state index contributed by atoms with van der Waals surface area (Å²) in [5.41, 5.74) is 5.40. The second-order valence-electron chi connectivity index (χ2n) is 5.29. The molecule has 0 unspecified atom stereocenters. The summed E-state index contributed by atoms with van der Waals surface area (Å²) in [5.74, 6) is 0.860. The number of hydrogen-bond acceptors (Lipinski definition) is 2. The molecule has 0 atom stereocenters. The maximum atomic E-state index is 6.04. The van der Waals surface area contributed by atoms with Gasteiger partial charge in [0.2, 0.25) is 0 Å². The molecule has 0 amide bonds. The van der Waals surface area contributed by atoms with E-state index in [9.17, 15) is 0 Å². The van der Waals surface area contributed by atoms with Crippen molar-refractivity contribution in [3.8, 4) is 17.0 Å². The molecule has 0 saturated carbocycles. The monoisotopic (exact) mass is 404 g/mol. The molecule has 0 aliphatic rings. The highest BCUT2D eigenvalue weighted by molar-refractivity contribution is 14.1. The molecule has 1 aromatic heterocycles. The molecule has 3 nitrogen and oxygen atoms in total. The third-order valence-corrected chi connectivity index (χ3v) is 4.82. The van der Waals surface area contributed by atoms with Gasteiger partial charge in [-0.3, -0.25) is 5.10 Å². The van der Waals surface area contributed by atoms with E-state index in [4.69, 9.17) is 4.74 Å². The molecule has 112 valence electrons. The first kappa shape index (κ1) is 15.1. The quantitative estimate of drug-likeness (QED) is 0.630. The third kappa shape index (κ3) is 3.16. The van der Waals surface area contributed by atoms with E-state index in [-0.39, 0.29) is 0 Å². The number of aryl methyl sites for hydroxylation is 2. The van der Waals surface area contributed by atoms with Crippen LogP contribution in [0, 0.1) is 17.4 Å². The van der Waals surface area contributed by atoms with Crippen molar-refractivity contribution in [2.75, 3.05) is 0 Å². The zero-order valence-corrected chi connectivity index (χ0v) is 14.7. The SMILES string of the molecule is Cc1ccc(OCc2ccccc2)c(-c2n[nH]c(C)c2I)c1. The zero-order chi connectivity index (χ0) is 15.5. The van der Waals surface area contributed by atoms with Crippen LogP contribution in [0.2, 0.25) is 0 Å². The first-order valence-electron chi connectivity index (χ1n) is 7.13. The van der Waals surface area contributed by atoms with E-state index in [2.05, 4.69) is 64.0 Å². The number of nitrogens with one attached hydrogen (secondary N) is 1. The van der Waals surface area contributed by atoms with Crippen LogP contribution in [0.4, 0.5) is 0 Å². The van der Waals surface area contributed by atoms with Crippen molar-refractivity contribution in [3.63, 3.8) is 0 Å². The lowest BCUT2D eigenvalue weighted by molar-refractivity contribution is 0.307. The maximum absolute atomic E-state index is 6.04. The minimum atomic E-state index is 0.552. The highest BCUT2D eigenvalue weighted by atomic mass is 127. The van der Waals surface area contributed by atoms with Gasteiger partial charge in [0.15, 0.2) is 0 Å². The third-order valence-electron chi connectivity index (χ3n) is 3.50. The number of nitrogens with zero attached hydrogens (tertiary/aromatic N) is 1. The topological polar surface area (TPSA) is 37.9 Å². The minimum absolute atomic E-state index is 0.552. The molecule has 0 aliphatic heterocycles. The number of aromatic nitrogens is 2. The van der Waals surface area contributed by atoms with Gasteiger partial charge in [0, 0.05) is 11.3 Å². The molecule has 0 spiro atoms. The molecular weight excluding hydrogens is 387 g/mol. The van der Waals surface area contributed by atoms with E-state index >= 15 is 0 Å². The molecule has 3 aromatic rings. The van der Waals surface area contributed by atoms with Gasteiger partial charge in [0.25, 0.3) is 0 Å². The summed E-state index contributed by atoms with van der Waals surface area (Å²) < 4.78 is 7.17. The Morgan fingerprint density at radius 1 is 1.09 bits per heavy atom. The van der Waals surface area contributed by atoms with Gasteiger partial charge >= 0.3 is 0 Å². The van der Waals surface area contributed by atoms with Crippen LogP contribution >= 0.6 is 22.6 Å². The lowest BCUT2D eigenvalue weighted by atomic mass is 10.1. The van der Waals surface area contributed by atoms with Crippen LogP contribution in [0.25, 0.3) is 11.3 Å². The molecule has 1 N–H and O–H groups in total. The van der Waals surface area contributed by atoms with Crippen LogP contribution in [-0.2, 0) is 6.61 Å². The highest BCUT2D eigenvalue weighted by Gasteiger charge is 2.15. The normalized spacial score (nSPS) is 10.7. The number of aromatic amines is 1. The molecule has 0 radical (unpaired) electrons. The van der Waals surface area contributed by atoms with E-state index in [1.54, 1.807) is 0 Å². The van der Waals surface area contributed by atoms with Gasteiger partial charge in [-0.2, -0.15) is 5.10 Å². The van der Waals surface area contributed by atoms with Crippen LogP contribution in [0.3, 0.4) is 0 Å². The summed E-state index contributed by atoms with van der Waals surface area (Å²) in [4.78, 5) is 0. The fraction of sp³-hybridized carbons (Fsp3) is 0.167. The van der Waals surface area contributed by atoms with Gasteiger partial charge in [0.1, 0.15) is 18.1 Å². The van der Waals surface area contributed by atoms with Gasteiger partial charge in [-0.05, 0) is 54.1 Å². The van der Waals surface area contributed by atoms with Crippen molar-refractivity contribution < 1.29 is 4.74 Å². The second-order valence-corrected chi connectivity index (χ2v) is 6.36. The van der Waals surface area contributed by atoms with Crippen LogP contribution < -0.4 is 4.74 Å². The summed E-state index contributed by atoms with van der Waals surface area (Å²) in [6.45, 7) is 4.66. The maximum Gasteiger partial charge on any atom is 0.129 e. The molecule has 22 heavy (non-hydrogen) atoms. The van der Waals surface area contributed by atoms with Gasteiger partial charge in [-0.25, -0.2) is 0 Å². The molecule has 0 bridgehead atoms. The van der Waals surface area contributed by atoms with Gasteiger partial charge in [-0.1, -0.05) is 42.0 Å². The summed E-state index contributed by atoms with van der Waals surface area (Å²) in [6, 6.07) is 16.4. The average Bonchev–Trinajstić information content (AvgIpc) is 2.87. The summed E-state index contributed by atoms with van der Waals surface area (Å²) in [5, 5.41) is 7.47. The van der Waals surface area contributed by atoms with E-state index in [1.165, 1.54) is 5.56 Å². The molecule has 4 heteroatoms. The molecule has 2 aromatic carbocycles. The summed E-state index contributed by atoms with van der Waals surface area (Å²) in [7, 11) is 0. The fourth-order valence-corrected chi connectivity index (χ4v) is 2.82. The lowest BCUT2D eigenvalue weighted by Gasteiger charge is -2.11. The number of rotatable bonds is 4. The Morgan fingerprint density at radius 3 is 2.55 bits per heavy atom. The van der Waals surface area contributed by atoms with Crippen molar-refractivity contribution in [2.24, 2.45) is 0 Å². The molecular formula is C18H17IN2O. The van der Waals surface area contributed by atoms with Crippen LogP contribution in [0.15, 0.2) is 48.5 Å². The van der Waals surface area contributed by atoms with Crippen LogP contribution in [0.1, 0.15) is 16.8 Å². The largest absolute Gasteiger partial charge is 0.488 e. The van der Waals surface area contributed by atoms with Gasteiger partial charge in [0.05, 0.1) is 3.57 Å². The summed E-state index contributed by atoms with van der Waals surface area (Å²) in [6.07, 6.45) is 0. The summed E-state index contributed by atoms with van der Waals surface area (Å²) >= 11 is 2.32. The van der Waals surface area contributed by atoms with Crippen molar-refractivity contribution >= 4 is 22.6 Å². The Hall–Kier alpha value is -1.82. The smallest absolute Gasteiger partial charge is 0.129 e. The van der Waals surface area contributed by atoms with Crippen molar-refractivity contribution in [3.05, 3.63) is 68.9 Å². The van der Waals surface area contributed by atoms with E-state index < -0.39 is 0 Å². The molecule has 0 saturated heterocycles. The van der Waals surface area contributed by atoms with Crippen molar-refractivity contribution in [2.45, 2.75) is 20.5 Å². The van der Waals surface area contributed by atoms with E-state index in [1.807, 2.05) is 31.2 Å². The Kier molecular flexibility index (Phi) is 4.47. The zero-order valence-electron chi connectivity index (χ0n) is 12.6. The lowest BCUT2D eigenvalue weighted by Crippen LogP contribution is -1.98. The van der Waals surface area contributed by atoms with Gasteiger partial charge < -0.3 is 4.74 Å². The first-order chi connectivity index (χ1) is 10.6. The molecule has 0 aliphatic carbocycles. The Bertz CT molecular complexity index is 781. The van der Waals surface area contributed by atoms with Crippen molar-refractivity contribution in [1.82, 2.24) is 10.2 Å². The standard InChI is InChI=1S/C18H17IN2O/c1-12-8-9-16(22-11-14-6-4-3-5-7-14)15(10-12)18-17(19)13(2)20-21-18/h3-10H,11H2,1-2H3,(H,20,21). The fourth-order valence-electron chi connectivity index (χ4n) is 2.28. The van der Waals surface area contributed by atoms with Crippen LogP contribution in [-0.4, -0.2) is 10.2 Å². The molecule has 1 heterocycles. The van der Waals surface area contributed by atoms with Crippen LogP contribution in [0.5, 0.6) is 5.75 Å². The molecule has 3 rings (SSSR count). The highest BCUT2D eigenvalue weighted by Crippen LogP contribution is 2.34. The van der Waals surface area contributed by atoms with Gasteiger partial charge in [-0.15, -0.1) is 0 Å². The average molecular weight is 404 g/mol. The van der Waals surface area contributed by atoms with Crippen molar-refractivity contribution in [1.29, 1.82) is 0 Å². The Morgan fingerprint density at radius 2 is 1.86 bits per heavy atom. The minimum Gasteiger partial charge on any atom is -0.488 e. The first-order valence-corrected chi connectivity index (χ1v) is 8.21. The number of halogens is 1. The number of H-pyrrole nitrogens is 1. The Balaban J connectivity index is 1.93. The predicted molar refractivity (Wildman–Crippen MR) is 97.0 cm³/mol. The predicted octanol–water partition coefficient (Wildman–Crippen LogP) is 4.88. The number of hydrogen-bond donors (Lipinski definition) is 1. The second kappa shape index (κ2) is 6.52. The van der Waals surface area contributed by atoms with E-state index in [0.717, 1.165) is 31.8 Å². The van der Waals surface area contributed by atoms with E-state index in [0.29, 0.717) is 6.61 Å². The number of benzene rings is 2.